The molecular weight excluding hydrogens is 232 g/mol. The van der Waals surface area contributed by atoms with Crippen LogP contribution in [0.5, 0.6) is 0 Å². The van der Waals surface area contributed by atoms with Crippen LogP contribution < -0.4 is 11.5 Å². The zero-order valence-electron chi connectivity index (χ0n) is 6.88. The van der Waals surface area contributed by atoms with Crippen LogP contribution in [0.2, 0.25) is 0 Å². The van der Waals surface area contributed by atoms with Crippen molar-refractivity contribution in [1.82, 2.24) is 0 Å². The van der Waals surface area contributed by atoms with E-state index in [4.69, 9.17) is 16.2 Å². The number of hydrogen-bond donors (Lipinski definition) is 2. The van der Waals surface area contributed by atoms with Crippen LogP contribution in [0.3, 0.4) is 0 Å². The Morgan fingerprint density at radius 3 is 2.85 bits per heavy atom. The Hall–Kier alpha value is -1.16. The zero-order chi connectivity index (χ0) is 9.42. The number of allylic oxidation sites excluding steroid dienone is 5. The van der Waals surface area contributed by atoms with Gasteiger partial charge in [0.2, 0.25) is 0 Å². The van der Waals surface area contributed by atoms with Crippen molar-refractivity contribution in [2.24, 2.45) is 11.5 Å². The number of fused-ring (bicyclic) bond motifs is 1. The first-order valence-corrected chi connectivity index (χ1v) is 4.67. The average molecular weight is 241 g/mol. The Balaban J connectivity index is 2.45. The average Bonchev–Trinajstić information content (AvgIpc) is 2.02. The summed E-state index contributed by atoms with van der Waals surface area (Å²) in [6.45, 7) is 0. The van der Waals surface area contributed by atoms with Crippen molar-refractivity contribution >= 4 is 15.9 Å². The molecule has 2 aliphatic rings. The van der Waals surface area contributed by atoms with Gasteiger partial charge in [0.05, 0.1) is 0 Å². The molecule has 3 nitrogen and oxygen atoms in total. The molecule has 0 fully saturated rings. The van der Waals surface area contributed by atoms with Crippen molar-refractivity contribution in [3.8, 4) is 0 Å². The van der Waals surface area contributed by atoms with E-state index in [9.17, 15) is 0 Å². The van der Waals surface area contributed by atoms with E-state index < -0.39 is 0 Å². The predicted molar refractivity (Wildman–Crippen MR) is 54.3 cm³/mol. The minimum Gasteiger partial charge on any atom is -0.441 e. The Morgan fingerprint density at radius 1 is 1.31 bits per heavy atom. The van der Waals surface area contributed by atoms with Crippen LogP contribution in [0.1, 0.15) is 6.42 Å². The zero-order valence-corrected chi connectivity index (χ0v) is 8.47. The Kier molecular flexibility index (Phi) is 1.92. The summed E-state index contributed by atoms with van der Waals surface area (Å²) in [5, 5.41) is 0. The quantitative estimate of drug-likeness (QED) is 0.677. The van der Waals surface area contributed by atoms with Crippen LogP contribution in [0.15, 0.2) is 45.6 Å². The molecule has 2 rings (SSSR count). The first kappa shape index (κ1) is 8.44. The smallest absolute Gasteiger partial charge is 0.192 e. The number of nitrogens with two attached hydrogens (primary N) is 2. The second-order valence-corrected chi connectivity index (χ2v) is 3.80. The molecule has 0 unspecified atom stereocenters. The maximum Gasteiger partial charge on any atom is 0.192 e. The number of halogens is 1. The molecule has 0 saturated carbocycles. The SMILES string of the molecule is NC1=CC(N)=C2CC=C(Br)C=C2O1. The highest BCUT2D eigenvalue weighted by Crippen LogP contribution is 2.31. The lowest BCUT2D eigenvalue weighted by Crippen LogP contribution is -2.16. The molecular formula is C9H9BrN2O. The van der Waals surface area contributed by atoms with Crippen molar-refractivity contribution in [2.45, 2.75) is 6.42 Å². The van der Waals surface area contributed by atoms with Crippen molar-refractivity contribution in [3.05, 3.63) is 45.6 Å². The van der Waals surface area contributed by atoms with Crippen molar-refractivity contribution in [2.75, 3.05) is 0 Å². The molecule has 0 spiro atoms. The lowest BCUT2D eigenvalue weighted by molar-refractivity contribution is 0.301. The van der Waals surface area contributed by atoms with E-state index in [2.05, 4.69) is 15.9 Å². The van der Waals surface area contributed by atoms with Crippen LogP contribution in [0, 0.1) is 0 Å². The van der Waals surface area contributed by atoms with Gasteiger partial charge < -0.3 is 16.2 Å². The van der Waals surface area contributed by atoms with Crippen molar-refractivity contribution in [3.63, 3.8) is 0 Å². The van der Waals surface area contributed by atoms with E-state index in [1.807, 2.05) is 12.2 Å². The third kappa shape index (κ3) is 1.49. The summed E-state index contributed by atoms with van der Waals surface area (Å²) in [5.74, 6) is 1.08. The van der Waals surface area contributed by atoms with Gasteiger partial charge >= 0.3 is 0 Å². The van der Waals surface area contributed by atoms with Gasteiger partial charge in [-0.05, 0) is 12.5 Å². The summed E-state index contributed by atoms with van der Waals surface area (Å²) >= 11 is 3.37. The first-order valence-electron chi connectivity index (χ1n) is 3.88. The van der Waals surface area contributed by atoms with Gasteiger partial charge in [-0.2, -0.15) is 0 Å². The van der Waals surface area contributed by atoms with Crippen LogP contribution in [-0.4, -0.2) is 0 Å². The van der Waals surface area contributed by atoms with Crippen molar-refractivity contribution in [1.29, 1.82) is 0 Å². The monoisotopic (exact) mass is 240 g/mol. The molecule has 0 bridgehead atoms. The molecule has 0 aromatic heterocycles. The van der Waals surface area contributed by atoms with Gasteiger partial charge in [-0.3, -0.25) is 0 Å². The molecule has 68 valence electrons. The van der Waals surface area contributed by atoms with Gasteiger partial charge in [-0.15, -0.1) is 0 Å². The summed E-state index contributed by atoms with van der Waals surface area (Å²) in [5.41, 5.74) is 13.0. The van der Waals surface area contributed by atoms with E-state index in [1.54, 1.807) is 6.08 Å². The molecule has 13 heavy (non-hydrogen) atoms. The normalized spacial score (nSPS) is 21.2. The van der Waals surface area contributed by atoms with Crippen LogP contribution in [0.25, 0.3) is 0 Å². The summed E-state index contributed by atoms with van der Waals surface area (Å²) in [4.78, 5) is 0. The molecule has 0 radical (unpaired) electrons. The molecule has 1 aliphatic carbocycles. The van der Waals surface area contributed by atoms with Gasteiger partial charge in [0.15, 0.2) is 5.88 Å². The molecule has 1 heterocycles. The van der Waals surface area contributed by atoms with Gasteiger partial charge in [0.25, 0.3) is 0 Å². The molecule has 0 aromatic rings. The minimum absolute atomic E-state index is 0.342. The van der Waals surface area contributed by atoms with E-state index in [0.29, 0.717) is 11.6 Å². The Labute approximate surface area is 84.5 Å². The fourth-order valence-corrected chi connectivity index (χ4v) is 1.69. The molecule has 0 aromatic carbocycles. The fourth-order valence-electron chi connectivity index (χ4n) is 1.32. The lowest BCUT2D eigenvalue weighted by Gasteiger charge is -2.21. The molecule has 4 heteroatoms. The topological polar surface area (TPSA) is 61.3 Å². The molecule has 0 atom stereocenters. The van der Waals surface area contributed by atoms with E-state index in [-0.39, 0.29) is 0 Å². The molecule has 1 aliphatic heterocycles. The van der Waals surface area contributed by atoms with E-state index in [1.165, 1.54) is 0 Å². The van der Waals surface area contributed by atoms with E-state index in [0.717, 1.165) is 22.2 Å². The second kappa shape index (κ2) is 2.96. The van der Waals surface area contributed by atoms with Crippen molar-refractivity contribution < 1.29 is 4.74 Å². The highest BCUT2D eigenvalue weighted by atomic mass is 79.9. The summed E-state index contributed by atoms with van der Waals surface area (Å²) < 4.78 is 6.32. The maximum atomic E-state index is 5.78. The van der Waals surface area contributed by atoms with E-state index >= 15 is 0 Å². The fraction of sp³-hybridized carbons (Fsp3) is 0.111. The van der Waals surface area contributed by atoms with Gasteiger partial charge in [0.1, 0.15) is 5.76 Å². The third-order valence-corrected chi connectivity index (χ3v) is 2.49. The third-order valence-electron chi connectivity index (χ3n) is 1.94. The van der Waals surface area contributed by atoms with Crippen LogP contribution >= 0.6 is 15.9 Å². The first-order chi connectivity index (χ1) is 6.16. The molecule has 0 amide bonds. The summed E-state index contributed by atoms with van der Waals surface area (Å²) in [7, 11) is 0. The number of rotatable bonds is 0. The Bertz CT molecular complexity index is 377. The van der Waals surface area contributed by atoms with Gasteiger partial charge in [-0.1, -0.05) is 22.0 Å². The standard InChI is InChI=1S/C9H9BrN2O/c10-5-1-2-6-7(11)4-9(12)13-8(6)3-5/h1,3-4H,2,11-12H2. The molecule has 0 saturated heterocycles. The largest absolute Gasteiger partial charge is 0.441 e. The highest BCUT2D eigenvalue weighted by molar-refractivity contribution is 9.11. The second-order valence-electron chi connectivity index (χ2n) is 2.88. The lowest BCUT2D eigenvalue weighted by atomic mass is 10.0. The predicted octanol–water partition coefficient (Wildman–Crippen LogP) is 1.60. The van der Waals surface area contributed by atoms with Gasteiger partial charge in [0, 0.05) is 21.8 Å². The highest BCUT2D eigenvalue weighted by Gasteiger charge is 2.18. The summed E-state index contributed by atoms with van der Waals surface area (Å²) in [6.07, 6.45) is 6.32. The van der Waals surface area contributed by atoms with Crippen LogP contribution in [0.4, 0.5) is 0 Å². The minimum atomic E-state index is 0.342. The Morgan fingerprint density at radius 2 is 2.08 bits per heavy atom. The number of hydrogen-bond acceptors (Lipinski definition) is 3. The van der Waals surface area contributed by atoms with Crippen LogP contribution in [-0.2, 0) is 4.74 Å². The summed E-state index contributed by atoms with van der Waals surface area (Å²) in [6, 6.07) is 0. The maximum absolute atomic E-state index is 5.78. The van der Waals surface area contributed by atoms with Gasteiger partial charge in [-0.25, -0.2) is 0 Å². The molecule has 4 N–H and O–H groups in total. The number of ether oxygens (including phenoxy) is 1.